The fourth-order valence-electron chi connectivity index (χ4n) is 2.63. The Bertz CT molecular complexity index is 1090. The third-order valence-electron chi connectivity index (χ3n) is 3.85. The van der Waals surface area contributed by atoms with Crippen molar-refractivity contribution in [2.24, 2.45) is 0 Å². The van der Waals surface area contributed by atoms with Crippen LogP contribution in [0.25, 0.3) is 22.0 Å². The minimum atomic E-state index is 0.434. The first-order valence-electron chi connectivity index (χ1n) is 7.93. The third kappa shape index (κ3) is 3.02. The second kappa shape index (κ2) is 6.93. The lowest BCUT2D eigenvalue weighted by atomic mass is 10.1. The average Bonchev–Trinajstić information content (AvgIpc) is 2.69. The zero-order valence-corrected chi connectivity index (χ0v) is 14.6. The predicted molar refractivity (Wildman–Crippen MR) is 102 cm³/mol. The van der Waals surface area contributed by atoms with Crippen LogP contribution < -0.4 is 10.1 Å². The van der Waals surface area contributed by atoms with Gasteiger partial charge in [0.1, 0.15) is 10.9 Å². The second-order valence-corrected chi connectivity index (χ2v) is 5.78. The number of pyridine rings is 2. The molecular weight excluding hydrogens is 350 g/mol. The molecule has 0 fully saturated rings. The van der Waals surface area contributed by atoms with E-state index in [1.807, 2.05) is 42.5 Å². The minimum absolute atomic E-state index is 0.434. The Morgan fingerprint density at radius 1 is 0.885 bits per heavy atom. The van der Waals surface area contributed by atoms with Crippen molar-refractivity contribution in [2.45, 2.75) is 0 Å². The summed E-state index contributed by atoms with van der Waals surface area (Å²) in [4.78, 5) is 17.1. The molecule has 0 aliphatic heterocycles. The molecule has 0 bridgehead atoms. The molecule has 7 heteroatoms. The van der Waals surface area contributed by atoms with Crippen LogP contribution in [0.1, 0.15) is 0 Å². The Balaban J connectivity index is 1.80. The summed E-state index contributed by atoms with van der Waals surface area (Å²) in [5.74, 6) is 1.63. The molecule has 4 rings (SSSR count). The lowest BCUT2D eigenvalue weighted by Gasteiger charge is -2.12. The van der Waals surface area contributed by atoms with E-state index in [2.05, 4.69) is 25.3 Å². The van der Waals surface area contributed by atoms with Crippen molar-refractivity contribution >= 4 is 28.3 Å². The quantitative estimate of drug-likeness (QED) is 0.535. The van der Waals surface area contributed by atoms with Crippen LogP contribution in [-0.4, -0.2) is 27.0 Å². The largest absolute Gasteiger partial charge is 0.438 e. The van der Waals surface area contributed by atoms with Crippen LogP contribution in [0.4, 0.5) is 5.95 Å². The van der Waals surface area contributed by atoms with Gasteiger partial charge in [0.25, 0.3) is 0 Å². The summed E-state index contributed by atoms with van der Waals surface area (Å²) in [7, 11) is 1.77. The second-order valence-electron chi connectivity index (χ2n) is 5.43. The molecule has 0 saturated heterocycles. The van der Waals surface area contributed by atoms with Crippen molar-refractivity contribution < 1.29 is 4.74 Å². The van der Waals surface area contributed by atoms with Crippen LogP contribution in [0.15, 0.2) is 61.1 Å². The number of benzene rings is 1. The van der Waals surface area contributed by atoms with Crippen molar-refractivity contribution in [1.29, 1.82) is 0 Å². The van der Waals surface area contributed by atoms with Crippen LogP contribution in [0, 0.1) is 0 Å². The van der Waals surface area contributed by atoms with E-state index in [0.717, 1.165) is 16.3 Å². The summed E-state index contributed by atoms with van der Waals surface area (Å²) in [6.45, 7) is 0. The summed E-state index contributed by atoms with van der Waals surface area (Å²) in [5, 5.41) is 5.05. The van der Waals surface area contributed by atoms with Gasteiger partial charge in [-0.1, -0.05) is 23.7 Å². The molecular formula is C19H14ClN5O. The summed E-state index contributed by atoms with van der Waals surface area (Å²) in [6, 6.07) is 13.1. The number of fused-ring (bicyclic) bond motifs is 1. The van der Waals surface area contributed by atoms with E-state index in [1.54, 1.807) is 25.6 Å². The Morgan fingerprint density at radius 2 is 1.77 bits per heavy atom. The van der Waals surface area contributed by atoms with Gasteiger partial charge in [-0.2, -0.15) is 0 Å². The van der Waals surface area contributed by atoms with Crippen LogP contribution >= 0.6 is 11.6 Å². The summed E-state index contributed by atoms with van der Waals surface area (Å²) in [6.07, 6.45) is 5.02. The smallest absolute Gasteiger partial charge is 0.228 e. The molecule has 4 aromatic rings. The molecule has 0 aliphatic rings. The van der Waals surface area contributed by atoms with Gasteiger partial charge in [-0.3, -0.25) is 0 Å². The first-order valence-corrected chi connectivity index (χ1v) is 8.31. The maximum Gasteiger partial charge on any atom is 0.228 e. The van der Waals surface area contributed by atoms with Crippen LogP contribution in [0.2, 0.25) is 5.15 Å². The molecule has 3 heterocycles. The van der Waals surface area contributed by atoms with Crippen molar-refractivity contribution in [2.75, 3.05) is 12.4 Å². The van der Waals surface area contributed by atoms with Gasteiger partial charge in [0.05, 0.1) is 11.3 Å². The van der Waals surface area contributed by atoms with Crippen LogP contribution in [-0.2, 0) is 0 Å². The molecule has 0 spiro atoms. The highest BCUT2D eigenvalue weighted by atomic mass is 35.5. The van der Waals surface area contributed by atoms with Gasteiger partial charge in [0, 0.05) is 36.4 Å². The summed E-state index contributed by atoms with van der Waals surface area (Å²) in [5.41, 5.74) is 1.48. The maximum absolute atomic E-state index is 6.19. The molecule has 0 atom stereocenters. The summed E-state index contributed by atoms with van der Waals surface area (Å²) < 4.78 is 6.13. The van der Waals surface area contributed by atoms with Crippen LogP contribution in [0.5, 0.6) is 11.6 Å². The standard InChI is InChI=1S/C19H14ClN5O/c1-21-19-24-11-8-15(25-19)14-5-3-9-23-18(14)26-16-6-2-4-13-12(16)7-10-22-17(13)20/h2-11H,1H3,(H,21,24,25). The van der Waals surface area contributed by atoms with Gasteiger partial charge in [-0.05, 0) is 30.3 Å². The van der Waals surface area contributed by atoms with Crippen molar-refractivity contribution in [3.05, 3.63) is 66.2 Å². The fraction of sp³-hybridized carbons (Fsp3) is 0.0526. The number of halogens is 1. The molecule has 26 heavy (non-hydrogen) atoms. The van der Waals surface area contributed by atoms with Gasteiger partial charge in [0.15, 0.2) is 0 Å². The minimum Gasteiger partial charge on any atom is -0.438 e. The molecule has 1 N–H and O–H groups in total. The molecule has 6 nitrogen and oxygen atoms in total. The molecule has 128 valence electrons. The SMILES string of the molecule is CNc1nccc(-c2cccnc2Oc2cccc3c(Cl)nccc23)n1. The van der Waals surface area contributed by atoms with E-state index in [1.165, 1.54) is 0 Å². The highest BCUT2D eigenvalue weighted by Crippen LogP contribution is 2.35. The first-order chi connectivity index (χ1) is 12.8. The normalized spacial score (nSPS) is 10.7. The lowest BCUT2D eigenvalue weighted by Crippen LogP contribution is -1.98. The molecule has 1 aromatic carbocycles. The highest BCUT2D eigenvalue weighted by Gasteiger charge is 2.13. The van der Waals surface area contributed by atoms with Crippen molar-refractivity contribution in [1.82, 2.24) is 19.9 Å². The zero-order chi connectivity index (χ0) is 17.9. The van der Waals surface area contributed by atoms with E-state index in [4.69, 9.17) is 16.3 Å². The third-order valence-corrected chi connectivity index (χ3v) is 4.15. The number of rotatable bonds is 4. The van der Waals surface area contributed by atoms with E-state index in [-0.39, 0.29) is 0 Å². The van der Waals surface area contributed by atoms with E-state index >= 15 is 0 Å². The van der Waals surface area contributed by atoms with E-state index < -0.39 is 0 Å². The first kappa shape index (κ1) is 16.2. The summed E-state index contributed by atoms with van der Waals surface area (Å²) >= 11 is 6.19. The maximum atomic E-state index is 6.19. The van der Waals surface area contributed by atoms with Gasteiger partial charge in [-0.25, -0.2) is 19.9 Å². The average molecular weight is 364 g/mol. The molecule has 0 radical (unpaired) electrons. The Morgan fingerprint density at radius 3 is 2.65 bits per heavy atom. The fourth-order valence-corrected chi connectivity index (χ4v) is 2.85. The zero-order valence-electron chi connectivity index (χ0n) is 13.8. The van der Waals surface area contributed by atoms with Crippen LogP contribution in [0.3, 0.4) is 0 Å². The number of nitrogens with one attached hydrogen (secondary N) is 1. The number of ether oxygens (including phenoxy) is 1. The van der Waals surface area contributed by atoms with Gasteiger partial charge >= 0.3 is 0 Å². The predicted octanol–water partition coefficient (Wildman–Crippen LogP) is 4.57. The molecule has 3 aromatic heterocycles. The van der Waals surface area contributed by atoms with E-state index in [0.29, 0.717) is 28.4 Å². The Hall–Kier alpha value is -3.25. The lowest BCUT2D eigenvalue weighted by molar-refractivity contribution is 0.470. The van der Waals surface area contributed by atoms with Gasteiger partial charge in [0.2, 0.25) is 11.8 Å². The molecule has 0 amide bonds. The number of hydrogen-bond acceptors (Lipinski definition) is 6. The number of nitrogens with zero attached hydrogens (tertiary/aromatic N) is 4. The molecule has 0 aliphatic carbocycles. The van der Waals surface area contributed by atoms with Crippen molar-refractivity contribution in [3.8, 4) is 22.9 Å². The van der Waals surface area contributed by atoms with Gasteiger partial charge in [-0.15, -0.1) is 0 Å². The highest BCUT2D eigenvalue weighted by molar-refractivity contribution is 6.34. The number of hydrogen-bond donors (Lipinski definition) is 1. The molecule has 0 saturated carbocycles. The number of anilines is 1. The van der Waals surface area contributed by atoms with E-state index in [9.17, 15) is 0 Å². The monoisotopic (exact) mass is 363 g/mol. The molecule has 0 unspecified atom stereocenters. The Kier molecular flexibility index (Phi) is 4.33. The number of aromatic nitrogens is 4. The van der Waals surface area contributed by atoms with Crippen molar-refractivity contribution in [3.63, 3.8) is 0 Å². The van der Waals surface area contributed by atoms with Gasteiger partial charge < -0.3 is 10.1 Å². The topological polar surface area (TPSA) is 72.8 Å². The Labute approximate surface area is 154 Å².